The minimum atomic E-state index is -0.607. The normalized spacial score (nSPS) is 10.4. The largest absolute Gasteiger partial charge is 0.482 e. The average molecular weight is 405 g/mol. The van der Waals surface area contributed by atoms with E-state index in [1.165, 1.54) is 12.1 Å². The molecule has 1 aromatic heterocycles. The lowest BCUT2D eigenvalue weighted by Gasteiger charge is -2.08. The highest BCUT2D eigenvalue weighted by Crippen LogP contribution is 2.25. The monoisotopic (exact) mass is 405 g/mol. The Morgan fingerprint density at radius 2 is 1.83 bits per heavy atom. The number of hydrogen-bond acceptors (Lipinski definition) is 5. The number of nitrogens with one attached hydrogen (secondary N) is 2. The summed E-state index contributed by atoms with van der Waals surface area (Å²) in [7, 11) is 0. The molecule has 8 heteroatoms. The molecule has 150 valence electrons. The molecular formula is C22H16FN3O4. The van der Waals surface area contributed by atoms with Gasteiger partial charge in [0, 0.05) is 6.08 Å². The number of nitrogens with zero attached hydrogens (tertiary/aromatic N) is 1. The molecule has 1 heterocycles. The first-order valence-corrected chi connectivity index (χ1v) is 8.80. The van der Waals surface area contributed by atoms with Gasteiger partial charge in [0.05, 0.1) is 11.1 Å². The SMILES string of the molecule is N#Cc1ccccc1OCC(=O)NNC(=O)/C=C/c1ccc(-c2ccccc2F)o1. The lowest BCUT2D eigenvalue weighted by Crippen LogP contribution is -2.43. The molecule has 0 saturated heterocycles. The second-order valence-corrected chi connectivity index (χ2v) is 5.95. The number of hydrazine groups is 1. The van der Waals surface area contributed by atoms with Crippen molar-refractivity contribution in [1.82, 2.24) is 10.9 Å². The third-order valence-corrected chi connectivity index (χ3v) is 3.86. The molecule has 0 saturated carbocycles. The van der Waals surface area contributed by atoms with Gasteiger partial charge in [-0.1, -0.05) is 24.3 Å². The van der Waals surface area contributed by atoms with Crippen molar-refractivity contribution in [1.29, 1.82) is 5.26 Å². The molecule has 0 aliphatic carbocycles. The molecule has 2 aromatic carbocycles. The van der Waals surface area contributed by atoms with Crippen LogP contribution in [0.4, 0.5) is 4.39 Å². The summed E-state index contributed by atoms with van der Waals surface area (Å²) in [5, 5.41) is 8.97. The quantitative estimate of drug-likeness (QED) is 0.484. The summed E-state index contributed by atoms with van der Waals surface area (Å²) in [5.41, 5.74) is 4.99. The number of amides is 2. The van der Waals surface area contributed by atoms with Crippen molar-refractivity contribution in [3.63, 3.8) is 0 Å². The van der Waals surface area contributed by atoms with Crippen molar-refractivity contribution in [3.05, 3.63) is 83.9 Å². The van der Waals surface area contributed by atoms with E-state index < -0.39 is 17.6 Å². The number of carbonyl (C=O) groups is 2. The van der Waals surface area contributed by atoms with Crippen LogP contribution in [0, 0.1) is 17.1 Å². The van der Waals surface area contributed by atoms with Gasteiger partial charge in [-0.15, -0.1) is 0 Å². The number of nitriles is 1. The van der Waals surface area contributed by atoms with Crippen molar-refractivity contribution in [2.75, 3.05) is 6.61 Å². The Morgan fingerprint density at radius 3 is 2.63 bits per heavy atom. The van der Waals surface area contributed by atoms with Gasteiger partial charge in [0.1, 0.15) is 29.2 Å². The molecule has 0 radical (unpaired) electrons. The van der Waals surface area contributed by atoms with Crippen LogP contribution in [0.5, 0.6) is 5.75 Å². The van der Waals surface area contributed by atoms with Gasteiger partial charge in [-0.3, -0.25) is 20.4 Å². The molecule has 0 aliphatic heterocycles. The van der Waals surface area contributed by atoms with Gasteiger partial charge in [0.25, 0.3) is 11.8 Å². The Kier molecular flexibility index (Phi) is 6.59. The molecule has 0 bridgehead atoms. The minimum absolute atomic E-state index is 0.268. The Balaban J connectivity index is 1.48. The molecule has 2 N–H and O–H groups in total. The summed E-state index contributed by atoms with van der Waals surface area (Å²) >= 11 is 0. The number of hydrogen-bond donors (Lipinski definition) is 2. The molecule has 2 amide bonds. The third-order valence-electron chi connectivity index (χ3n) is 3.86. The number of benzene rings is 2. The van der Waals surface area contributed by atoms with Crippen LogP contribution in [0.2, 0.25) is 0 Å². The Labute approximate surface area is 171 Å². The van der Waals surface area contributed by atoms with Crippen molar-refractivity contribution >= 4 is 17.9 Å². The van der Waals surface area contributed by atoms with Crippen LogP contribution in [-0.2, 0) is 9.59 Å². The van der Waals surface area contributed by atoms with Crippen LogP contribution >= 0.6 is 0 Å². The molecule has 3 aromatic rings. The summed E-state index contributed by atoms with van der Waals surface area (Å²) in [6.07, 6.45) is 2.53. The van der Waals surface area contributed by atoms with E-state index in [2.05, 4.69) is 10.9 Å². The Bertz CT molecular complexity index is 1130. The second-order valence-electron chi connectivity index (χ2n) is 5.95. The van der Waals surface area contributed by atoms with Crippen molar-refractivity contribution in [2.24, 2.45) is 0 Å². The molecule has 0 aliphatic rings. The Morgan fingerprint density at radius 1 is 1.07 bits per heavy atom. The van der Waals surface area contributed by atoms with Crippen molar-refractivity contribution < 1.29 is 23.1 Å². The summed E-state index contributed by atoms with van der Waals surface area (Å²) in [5.74, 6) is -0.691. The number of carbonyl (C=O) groups excluding carboxylic acids is 2. The van der Waals surface area contributed by atoms with E-state index in [-0.39, 0.29) is 12.4 Å². The summed E-state index contributed by atoms with van der Waals surface area (Å²) in [6, 6.07) is 17.8. The fourth-order valence-corrected chi connectivity index (χ4v) is 2.44. The van der Waals surface area contributed by atoms with Crippen LogP contribution < -0.4 is 15.6 Å². The maximum absolute atomic E-state index is 13.8. The van der Waals surface area contributed by atoms with Crippen LogP contribution in [0.25, 0.3) is 17.4 Å². The number of para-hydroxylation sites is 1. The lowest BCUT2D eigenvalue weighted by atomic mass is 10.1. The highest BCUT2D eigenvalue weighted by Gasteiger charge is 2.09. The van der Waals surface area contributed by atoms with Gasteiger partial charge in [0.15, 0.2) is 6.61 Å². The zero-order valence-electron chi connectivity index (χ0n) is 15.6. The van der Waals surface area contributed by atoms with E-state index in [0.717, 1.165) is 6.08 Å². The van der Waals surface area contributed by atoms with Crippen LogP contribution in [-0.4, -0.2) is 18.4 Å². The number of furan rings is 1. The number of halogens is 1. The summed E-state index contributed by atoms with van der Waals surface area (Å²) in [4.78, 5) is 23.6. The first-order chi connectivity index (χ1) is 14.6. The molecule has 0 fully saturated rings. The number of ether oxygens (including phenoxy) is 1. The van der Waals surface area contributed by atoms with Crippen LogP contribution in [0.1, 0.15) is 11.3 Å². The zero-order chi connectivity index (χ0) is 21.3. The van der Waals surface area contributed by atoms with Gasteiger partial charge in [-0.05, 0) is 42.5 Å². The van der Waals surface area contributed by atoms with E-state index in [1.807, 2.05) is 6.07 Å². The molecule has 0 unspecified atom stereocenters. The lowest BCUT2D eigenvalue weighted by molar-refractivity contribution is -0.128. The van der Waals surface area contributed by atoms with E-state index in [4.69, 9.17) is 14.4 Å². The van der Waals surface area contributed by atoms with Crippen LogP contribution in [0.3, 0.4) is 0 Å². The minimum Gasteiger partial charge on any atom is -0.482 e. The van der Waals surface area contributed by atoms with E-state index in [9.17, 15) is 14.0 Å². The Hall–Kier alpha value is -4.38. The molecular weight excluding hydrogens is 389 g/mol. The molecule has 3 rings (SSSR count). The van der Waals surface area contributed by atoms with Gasteiger partial charge in [-0.2, -0.15) is 5.26 Å². The standard InChI is InChI=1S/C22H16FN3O4/c23-18-7-3-2-6-17(18)20-11-9-16(30-20)10-12-21(27)25-26-22(28)14-29-19-8-4-1-5-15(19)13-24/h1-12H,14H2,(H,25,27)(H,26,28)/b12-10+. The summed E-state index contributed by atoms with van der Waals surface area (Å²) < 4.78 is 24.5. The maximum atomic E-state index is 13.8. The van der Waals surface area contributed by atoms with E-state index in [0.29, 0.717) is 22.6 Å². The zero-order valence-corrected chi connectivity index (χ0v) is 15.6. The topological polar surface area (TPSA) is 104 Å². The average Bonchev–Trinajstić information content (AvgIpc) is 3.24. The highest BCUT2D eigenvalue weighted by molar-refractivity contribution is 5.93. The molecule has 30 heavy (non-hydrogen) atoms. The molecule has 0 spiro atoms. The second kappa shape index (κ2) is 9.71. The maximum Gasteiger partial charge on any atom is 0.276 e. The predicted octanol–water partition coefficient (Wildman–Crippen LogP) is 3.20. The fourth-order valence-electron chi connectivity index (χ4n) is 2.44. The number of rotatable bonds is 6. The predicted molar refractivity (Wildman–Crippen MR) is 106 cm³/mol. The van der Waals surface area contributed by atoms with Crippen LogP contribution in [0.15, 0.2) is 71.2 Å². The van der Waals surface area contributed by atoms with Gasteiger partial charge in [-0.25, -0.2) is 4.39 Å². The van der Waals surface area contributed by atoms with Gasteiger partial charge in [0.2, 0.25) is 0 Å². The van der Waals surface area contributed by atoms with E-state index in [1.54, 1.807) is 54.6 Å². The third kappa shape index (κ3) is 5.33. The summed E-state index contributed by atoms with van der Waals surface area (Å²) in [6.45, 7) is -0.382. The van der Waals surface area contributed by atoms with Gasteiger partial charge < -0.3 is 9.15 Å². The van der Waals surface area contributed by atoms with E-state index >= 15 is 0 Å². The van der Waals surface area contributed by atoms with Crippen molar-refractivity contribution in [2.45, 2.75) is 0 Å². The fraction of sp³-hybridized carbons (Fsp3) is 0.0455. The molecule has 0 atom stereocenters. The van der Waals surface area contributed by atoms with Gasteiger partial charge >= 0.3 is 0 Å². The van der Waals surface area contributed by atoms with Crippen molar-refractivity contribution in [3.8, 4) is 23.1 Å². The molecule has 7 nitrogen and oxygen atoms in total. The smallest absolute Gasteiger partial charge is 0.276 e. The highest BCUT2D eigenvalue weighted by atomic mass is 19.1. The first-order valence-electron chi connectivity index (χ1n) is 8.80. The first kappa shape index (κ1) is 20.4.